The van der Waals surface area contributed by atoms with Gasteiger partial charge in [0.2, 0.25) is 0 Å². The Morgan fingerprint density at radius 2 is 1.84 bits per heavy atom. The molecule has 3 N–H and O–H groups in total. The number of carbonyl (C=O) groups excluding carboxylic acids is 1. The predicted molar refractivity (Wildman–Crippen MR) is 95.9 cm³/mol. The Morgan fingerprint density at radius 3 is 2.56 bits per heavy atom. The molecule has 1 unspecified atom stereocenters. The number of rotatable bonds is 8. The molecule has 5 heteroatoms. The fraction of sp³-hybridized carbons (Fsp3) is 0.150. The molecule has 3 rings (SSSR count). The maximum Gasteiger partial charge on any atom is 0.293 e. The zero-order valence-electron chi connectivity index (χ0n) is 13.7. The van der Waals surface area contributed by atoms with Gasteiger partial charge in [0.1, 0.15) is 19.0 Å². The van der Waals surface area contributed by atoms with E-state index in [0.717, 1.165) is 28.1 Å². The molecule has 0 saturated carbocycles. The highest BCUT2D eigenvalue weighted by atomic mass is 16.5. The van der Waals surface area contributed by atoms with E-state index < -0.39 is 0 Å². The maximum absolute atomic E-state index is 10.2. The van der Waals surface area contributed by atoms with Crippen molar-refractivity contribution in [3.8, 4) is 17.0 Å². The largest absolute Gasteiger partial charge is 0.489 e. The van der Waals surface area contributed by atoms with Gasteiger partial charge in [0, 0.05) is 11.9 Å². The summed E-state index contributed by atoms with van der Waals surface area (Å²) in [6, 6.07) is 19.5. The molecule has 0 bridgehead atoms. The number of H-pyrrole nitrogens is 1. The molecule has 0 fully saturated rings. The van der Waals surface area contributed by atoms with Crippen LogP contribution < -0.4 is 10.5 Å². The van der Waals surface area contributed by atoms with E-state index in [9.17, 15) is 4.79 Å². The van der Waals surface area contributed by atoms with Gasteiger partial charge in [0.25, 0.3) is 6.47 Å². The van der Waals surface area contributed by atoms with Gasteiger partial charge in [-0.25, -0.2) is 0 Å². The number of hydrogen-bond acceptors (Lipinski definition) is 4. The first kappa shape index (κ1) is 16.8. The van der Waals surface area contributed by atoms with E-state index in [4.69, 9.17) is 15.2 Å². The van der Waals surface area contributed by atoms with Crippen LogP contribution in [0, 0.1) is 0 Å². The number of benzene rings is 2. The molecule has 3 aromatic rings. The zero-order valence-corrected chi connectivity index (χ0v) is 13.7. The van der Waals surface area contributed by atoms with Gasteiger partial charge in [0.15, 0.2) is 0 Å². The Hall–Kier alpha value is -3.05. The average Bonchev–Trinajstić information content (AvgIpc) is 3.16. The first-order valence-electron chi connectivity index (χ1n) is 8.02. The van der Waals surface area contributed by atoms with Crippen LogP contribution in [0.5, 0.6) is 5.75 Å². The Morgan fingerprint density at radius 1 is 1.08 bits per heavy atom. The molecular formula is C20H20N2O3. The molecule has 128 valence electrons. The van der Waals surface area contributed by atoms with Crippen molar-refractivity contribution in [3.63, 3.8) is 0 Å². The summed E-state index contributed by atoms with van der Waals surface area (Å²) in [5.74, 6) is 0.815. The summed E-state index contributed by atoms with van der Waals surface area (Å²) in [5, 5.41) is 0. The van der Waals surface area contributed by atoms with Crippen molar-refractivity contribution in [1.82, 2.24) is 4.98 Å². The summed E-state index contributed by atoms with van der Waals surface area (Å²) in [6.45, 7) is 1.10. The lowest BCUT2D eigenvalue weighted by Crippen LogP contribution is -2.15. The zero-order chi connectivity index (χ0) is 17.5. The number of aromatic nitrogens is 1. The minimum Gasteiger partial charge on any atom is -0.489 e. The molecule has 25 heavy (non-hydrogen) atoms. The molecule has 1 aromatic heterocycles. The van der Waals surface area contributed by atoms with Gasteiger partial charge in [-0.15, -0.1) is 0 Å². The summed E-state index contributed by atoms with van der Waals surface area (Å²) < 4.78 is 10.5. The first-order chi connectivity index (χ1) is 12.3. The molecule has 1 heterocycles. The van der Waals surface area contributed by atoms with Crippen LogP contribution in [-0.2, 0) is 16.1 Å². The summed E-state index contributed by atoms with van der Waals surface area (Å²) in [6.07, 6.45) is 1.83. The minimum atomic E-state index is -0.344. The lowest BCUT2D eigenvalue weighted by atomic mass is 10.1. The molecule has 2 aromatic carbocycles. The third-order valence-corrected chi connectivity index (χ3v) is 3.89. The van der Waals surface area contributed by atoms with E-state index in [-0.39, 0.29) is 12.6 Å². The van der Waals surface area contributed by atoms with E-state index in [2.05, 4.69) is 4.98 Å². The van der Waals surface area contributed by atoms with Gasteiger partial charge in [-0.05, 0) is 47.0 Å². The summed E-state index contributed by atoms with van der Waals surface area (Å²) in [5.41, 5.74) is 9.97. The first-order valence-corrected chi connectivity index (χ1v) is 8.02. The van der Waals surface area contributed by atoms with Crippen LogP contribution in [0.4, 0.5) is 0 Å². The number of carbonyl (C=O) groups is 1. The van der Waals surface area contributed by atoms with Crippen LogP contribution in [-0.4, -0.2) is 18.1 Å². The fourth-order valence-corrected chi connectivity index (χ4v) is 2.50. The smallest absolute Gasteiger partial charge is 0.293 e. The lowest BCUT2D eigenvalue weighted by Gasteiger charge is -2.07. The molecule has 0 aliphatic heterocycles. The Balaban J connectivity index is 1.62. The van der Waals surface area contributed by atoms with Crippen LogP contribution in [0.3, 0.4) is 0 Å². The monoisotopic (exact) mass is 336 g/mol. The second kappa shape index (κ2) is 8.17. The van der Waals surface area contributed by atoms with Gasteiger partial charge < -0.3 is 20.2 Å². The van der Waals surface area contributed by atoms with Crippen LogP contribution in [0.25, 0.3) is 11.3 Å². The SMILES string of the molecule is NC(COC=O)c1c[nH]c(-c2ccc(OCc3ccccc3)cc2)c1. The van der Waals surface area contributed by atoms with Crippen molar-refractivity contribution in [2.24, 2.45) is 5.73 Å². The van der Waals surface area contributed by atoms with Crippen molar-refractivity contribution in [2.45, 2.75) is 12.6 Å². The number of ether oxygens (including phenoxy) is 2. The molecule has 5 nitrogen and oxygen atoms in total. The highest BCUT2D eigenvalue weighted by Crippen LogP contribution is 2.24. The number of nitrogens with two attached hydrogens (primary N) is 1. The Bertz CT molecular complexity index is 797. The molecule has 1 atom stereocenters. The number of nitrogens with one attached hydrogen (secondary N) is 1. The van der Waals surface area contributed by atoms with Crippen molar-refractivity contribution in [3.05, 3.63) is 78.0 Å². The van der Waals surface area contributed by atoms with Crippen LogP contribution in [0.15, 0.2) is 66.9 Å². The molecule has 0 saturated heterocycles. The minimum absolute atomic E-state index is 0.160. The van der Waals surface area contributed by atoms with Crippen LogP contribution in [0.2, 0.25) is 0 Å². The third-order valence-electron chi connectivity index (χ3n) is 3.89. The quantitative estimate of drug-likeness (QED) is 0.618. The maximum atomic E-state index is 10.2. The van der Waals surface area contributed by atoms with Crippen molar-refractivity contribution in [2.75, 3.05) is 6.61 Å². The lowest BCUT2D eigenvalue weighted by molar-refractivity contribution is -0.129. The van der Waals surface area contributed by atoms with Crippen LogP contribution >= 0.6 is 0 Å². The van der Waals surface area contributed by atoms with Gasteiger partial charge in [0.05, 0.1) is 6.04 Å². The van der Waals surface area contributed by atoms with E-state index in [1.165, 1.54) is 0 Å². The molecule has 0 radical (unpaired) electrons. The molecule has 0 amide bonds. The fourth-order valence-electron chi connectivity index (χ4n) is 2.50. The van der Waals surface area contributed by atoms with E-state index >= 15 is 0 Å². The predicted octanol–water partition coefficient (Wildman–Crippen LogP) is 3.43. The van der Waals surface area contributed by atoms with E-state index in [0.29, 0.717) is 13.1 Å². The average molecular weight is 336 g/mol. The van der Waals surface area contributed by atoms with Crippen LogP contribution in [0.1, 0.15) is 17.2 Å². The standard InChI is InChI=1S/C20H20N2O3/c21-19(13-24-14-23)17-10-20(22-11-17)16-6-8-18(9-7-16)25-12-15-4-2-1-3-5-15/h1-11,14,19,22H,12-13,21H2. The highest BCUT2D eigenvalue weighted by Gasteiger charge is 2.10. The van der Waals surface area contributed by atoms with Gasteiger partial charge in [-0.3, -0.25) is 4.79 Å². The van der Waals surface area contributed by atoms with Gasteiger partial charge >= 0.3 is 0 Å². The third kappa shape index (κ3) is 4.49. The van der Waals surface area contributed by atoms with E-state index in [1.807, 2.05) is 66.9 Å². The van der Waals surface area contributed by atoms with Crippen molar-refractivity contribution >= 4 is 6.47 Å². The summed E-state index contributed by atoms with van der Waals surface area (Å²) >= 11 is 0. The Kier molecular flexibility index (Phi) is 5.49. The Labute approximate surface area is 146 Å². The number of hydrogen-bond donors (Lipinski definition) is 2. The normalized spacial score (nSPS) is 11.7. The van der Waals surface area contributed by atoms with Crippen molar-refractivity contribution < 1.29 is 14.3 Å². The van der Waals surface area contributed by atoms with Crippen molar-refractivity contribution in [1.29, 1.82) is 0 Å². The molecule has 0 spiro atoms. The summed E-state index contributed by atoms with van der Waals surface area (Å²) in [4.78, 5) is 13.4. The molecule has 0 aliphatic carbocycles. The molecular weight excluding hydrogens is 316 g/mol. The number of aromatic amines is 1. The summed E-state index contributed by atoms with van der Waals surface area (Å²) in [7, 11) is 0. The molecule has 0 aliphatic rings. The van der Waals surface area contributed by atoms with Gasteiger partial charge in [-0.1, -0.05) is 30.3 Å². The highest BCUT2D eigenvalue weighted by molar-refractivity contribution is 5.61. The van der Waals surface area contributed by atoms with Gasteiger partial charge in [-0.2, -0.15) is 0 Å². The van der Waals surface area contributed by atoms with E-state index in [1.54, 1.807) is 0 Å². The topological polar surface area (TPSA) is 77.3 Å². The second-order valence-electron chi connectivity index (χ2n) is 5.68. The second-order valence-corrected chi connectivity index (χ2v) is 5.68.